The number of aromatic nitrogens is 4. The standard InChI is InChI=1S/C30H30F3N9O2/c31-30(32,33)18-35-28(43)38-22-3-1-5-25(14-22)41-19-36-26-13-20(6-7-27(26)41)21-15-37-42(17-21)24-8-11-40(12-9-24)29(44)39-23-4-2-10-34-16-23/h1-7,10,13-15,17,19,24,34H,8-9,11-12,16,18H2,(H,39,44)(H2,35,38,43). The van der Waals surface area contributed by atoms with Crippen molar-refractivity contribution in [3.05, 3.63) is 85.2 Å². The van der Waals surface area contributed by atoms with Gasteiger partial charge in [0.15, 0.2) is 0 Å². The molecule has 2 aliphatic rings. The fourth-order valence-corrected chi connectivity index (χ4v) is 5.27. The molecule has 228 valence electrons. The molecule has 2 aliphatic heterocycles. The van der Waals surface area contributed by atoms with Crippen LogP contribution in [0.25, 0.3) is 27.8 Å². The molecule has 0 radical (unpaired) electrons. The predicted molar refractivity (Wildman–Crippen MR) is 159 cm³/mol. The zero-order chi connectivity index (χ0) is 30.7. The zero-order valence-electron chi connectivity index (χ0n) is 23.5. The van der Waals surface area contributed by atoms with Crippen molar-refractivity contribution in [2.24, 2.45) is 0 Å². The van der Waals surface area contributed by atoms with Crippen LogP contribution in [0.15, 0.2) is 85.2 Å². The first-order valence-electron chi connectivity index (χ1n) is 14.1. The van der Waals surface area contributed by atoms with Crippen molar-refractivity contribution >= 4 is 28.8 Å². The average molecular weight is 606 g/mol. The molecule has 4 aromatic rings. The van der Waals surface area contributed by atoms with Crippen LogP contribution in [-0.4, -0.2) is 68.6 Å². The number of allylic oxidation sites excluding steroid dienone is 2. The Morgan fingerprint density at radius 3 is 2.66 bits per heavy atom. The molecular weight excluding hydrogens is 575 g/mol. The van der Waals surface area contributed by atoms with Gasteiger partial charge in [-0.2, -0.15) is 18.3 Å². The molecule has 1 saturated heterocycles. The monoisotopic (exact) mass is 605 g/mol. The van der Waals surface area contributed by atoms with Crippen LogP contribution in [0.3, 0.4) is 0 Å². The van der Waals surface area contributed by atoms with E-state index in [-0.39, 0.29) is 12.1 Å². The molecule has 11 nitrogen and oxygen atoms in total. The lowest BCUT2D eigenvalue weighted by molar-refractivity contribution is -0.122. The van der Waals surface area contributed by atoms with Crippen LogP contribution >= 0.6 is 0 Å². The van der Waals surface area contributed by atoms with E-state index in [4.69, 9.17) is 0 Å². The molecule has 0 unspecified atom stereocenters. The number of rotatable bonds is 6. The first kappa shape index (κ1) is 28.8. The third-order valence-electron chi connectivity index (χ3n) is 7.51. The van der Waals surface area contributed by atoms with E-state index in [2.05, 4.69) is 26.0 Å². The average Bonchev–Trinajstić information content (AvgIpc) is 3.68. The van der Waals surface area contributed by atoms with Gasteiger partial charge in [-0.15, -0.1) is 0 Å². The van der Waals surface area contributed by atoms with Gasteiger partial charge in [-0.3, -0.25) is 9.25 Å². The van der Waals surface area contributed by atoms with Gasteiger partial charge >= 0.3 is 18.2 Å². The summed E-state index contributed by atoms with van der Waals surface area (Å²) in [5, 5.41) is 14.9. The Morgan fingerprint density at radius 2 is 1.89 bits per heavy atom. The second-order valence-corrected chi connectivity index (χ2v) is 10.6. The Kier molecular flexibility index (Phi) is 7.96. The number of imidazole rings is 1. The SMILES string of the molecule is O=C(NCC(F)(F)F)Nc1cccc(-n2cnc3cc(-c4cnn(C5CCN(C(=O)NC6=CC=CNC6)CC5)c4)ccc32)c1. The van der Waals surface area contributed by atoms with Gasteiger partial charge in [0.2, 0.25) is 0 Å². The number of anilines is 1. The zero-order valence-corrected chi connectivity index (χ0v) is 23.5. The Bertz CT molecular complexity index is 1730. The van der Waals surface area contributed by atoms with E-state index in [1.807, 2.05) is 69.2 Å². The molecule has 0 spiro atoms. The Labute approximate surface area is 250 Å². The maximum Gasteiger partial charge on any atom is 0.405 e. The van der Waals surface area contributed by atoms with Gasteiger partial charge in [-0.1, -0.05) is 12.1 Å². The molecule has 0 aliphatic carbocycles. The van der Waals surface area contributed by atoms with Gasteiger partial charge in [0, 0.05) is 41.9 Å². The number of piperidine rings is 1. The molecule has 0 atom stereocenters. The van der Waals surface area contributed by atoms with Gasteiger partial charge in [-0.05, 0) is 67.1 Å². The highest BCUT2D eigenvalue weighted by atomic mass is 19.4. The third-order valence-corrected chi connectivity index (χ3v) is 7.51. The molecule has 4 heterocycles. The normalized spacial score (nSPS) is 15.5. The summed E-state index contributed by atoms with van der Waals surface area (Å²) in [5.41, 5.74) is 5.34. The number of halogens is 3. The molecule has 4 N–H and O–H groups in total. The molecule has 2 aromatic carbocycles. The maximum absolute atomic E-state index is 12.6. The van der Waals surface area contributed by atoms with Crippen molar-refractivity contribution in [2.75, 3.05) is 31.5 Å². The first-order chi connectivity index (χ1) is 21.2. The highest BCUT2D eigenvalue weighted by molar-refractivity contribution is 5.90. The molecule has 4 amide bonds. The number of dihydropyridines is 1. The number of nitrogens with zero attached hydrogens (tertiary/aromatic N) is 5. The number of nitrogens with one attached hydrogen (secondary N) is 4. The van der Waals surface area contributed by atoms with Crippen molar-refractivity contribution in [3.63, 3.8) is 0 Å². The fourth-order valence-electron chi connectivity index (χ4n) is 5.27. The van der Waals surface area contributed by atoms with E-state index >= 15 is 0 Å². The van der Waals surface area contributed by atoms with Crippen LogP contribution in [0.4, 0.5) is 28.4 Å². The third kappa shape index (κ3) is 6.69. The van der Waals surface area contributed by atoms with Crippen molar-refractivity contribution in [1.29, 1.82) is 0 Å². The minimum Gasteiger partial charge on any atom is -0.385 e. The Morgan fingerprint density at radius 1 is 1.05 bits per heavy atom. The summed E-state index contributed by atoms with van der Waals surface area (Å²) in [7, 11) is 0. The number of benzene rings is 2. The number of urea groups is 2. The summed E-state index contributed by atoms with van der Waals surface area (Å²) in [6, 6.07) is 11.8. The van der Waals surface area contributed by atoms with Crippen LogP contribution in [0, 0.1) is 0 Å². The smallest absolute Gasteiger partial charge is 0.385 e. The van der Waals surface area contributed by atoms with E-state index in [1.165, 1.54) is 0 Å². The summed E-state index contributed by atoms with van der Waals surface area (Å²) in [6.07, 6.45) is 8.19. The van der Waals surface area contributed by atoms with E-state index in [9.17, 15) is 22.8 Å². The fraction of sp³-hybridized carbons (Fsp3) is 0.267. The molecule has 0 saturated carbocycles. The number of amides is 4. The van der Waals surface area contributed by atoms with Crippen LogP contribution < -0.4 is 21.3 Å². The predicted octanol–water partition coefficient (Wildman–Crippen LogP) is 4.92. The van der Waals surface area contributed by atoms with E-state index in [1.54, 1.807) is 29.8 Å². The number of alkyl halides is 3. The summed E-state index contributed by atoms with van der Waals surface area (Å²) < 4.78 is 41.0. The molecule has 0 bridgehead atoms. The topological polar surface area (TPSA) is 121 Å². The van der Waals surface area contributed by atoms with E-state index in [0.29, 0.717) is 31.0 Å². The van der Waals surface area contributed by atoms with Crippen molar-refractivity contribution in [2.45, 2.75) is 25.1 Å². The van der Waals surface area contributed by atoms with Crippen molar-refractivity contribution < 1.29 is 22.8 Å². The van der Waals surface area contributed by atoms with Crippen LogP contribution in [0.1, 0.15) is 18.9 Å². The second-order valence-electron chi connectivity index (χ2n) is 10.6. The minimum absolute atomic E-state index is 0.0879. The maximum atomic E-state index is 12.6. The molecule has 1 fully saturated rings. The van der Waals surface area contributed by atoms with Gasteiger partial charge in [0.05, 0.1) is 29.8 Å². The lowest BCUT2D eigenvalue weighted by Gasteiger charge is -2.32. The number of carbonyl (C=O) groups is 2. The van der Waals surface area contributed by atoms with Crippen LogP contribution in [0.2, 0.25) is 0 Å². The van der Waals surface area contributed by atoms with Crippen molar-refractivity contribution in [3.8, 4) is 16.8 Å². The molecule has 14 heteroatoms. The lowest BCUT2D eigenvalue weighted by Crippen LogP contribution is -2.45. The summed E-state index contributed by atoms with van der Waals surface area (Å²) in [4.78, 5) is 30.9. The Balaban J connectivity index is 1.09. The summed E-state index contributed by atoms with van der Waals surface area (Å²) in [6.45, 7) is 0.461. The van der Waals surface area contributed by atoms with Gasteiger partial charge < -0.3 is 26.2 Å². The first-order valence-corrected chi connectivity index (χ1v) is 14.1. The molecule has 2 aromatic heterocycles. The van der Waals surface area contributed by atoms with Gasteiger partial charge in [0.1, 0.15) is 12.9 Å². The minimum atomic E-state index is -4.49. The number of fused-ring (bicyclic) bond motifs is 1. The molecule has 6 rings (SSSR count). The molecular formula is C30H30F3N9O2. The summed E-state index contributed by atoms with van der Waals surface area (Å²) >= 11 is 0. The quantitative estimate of drug-likeness (QED) is 0.249. The highest BCUT2D eigenvalue weighted by Crippen LogP contribution is 2.29. The van der Waals surface area contributed by atoms with Gasteiger partial charge in [-0.25, -0.2) is 14.6 Å². The van der Waals surface area contributed by atoms with E-state index < -0.39 is 18.8 Å². The molecule has 44 heavy (non-hydrogen) atoms. The number of hydrogen-bond donors (Lipinski definition) is 4. The number of hydrogen-bond acceptors (Lipinski definition) is 5. The van der Waals surface area contributed by atoms with Gasteiger partial charge in [0.25, 0.3) is 0 Å². The highest BCUT2D eigenvalue weighted by Gasteiger charge is 2.28. The Hall–Kier alpha value is -5.27. The lowest BCUT2D eigenvalue weighted by atomic mass is 10.1. The number of likely N-dealkylation sites (tertiary alicyclic amines) is 1. The number of carbonyl (C=O) groups excluding carboxylic acids is 2. The second kappa shape index (κ2) is 12.1. The summed E-state index contributed by atoms with van der Waals surface area (Å²) in [5.74, 6) is 0. The largest absolute Gasteiger partial charge is 0.405 e. The van der Waals surface area contributed by atoms with Crippen LogP contribution in [0.5, 0.6) is 0 Å². The van der Waals surface area contributed by atoms with Crippen LogP contribution in [-0.2, 0) is 0 Å². The van der Waals surface area contributed by atoms with E-state index in [0.717, 1.165) is 40.7 Å². The van der Waals surface area contributed by atoms with Crippen molar-refractivity contribution in [1.82, 2.24) is 40.2 Å².